The van der Waals surface area contributed by atoms with Crippen molar-refractivity contribution in [3.05, 3.63) is 52.3 Å². The minimum atomic E-state index is 0.386. The number of nitrogens with zero attached hydrogens (tertiary/aromatic N) is 2. The summed E-state index contributed by atoms with van der Waals surface area (Å²) in [5.41, 5.74) is 8.27. The van der Waals surface area contributed by atoms with Gasteiger partial charge in [0.25, 0.3) is 0 Å². The van der Waals surface area contributed by atoms with Crippen molar-refractivity contribution in [2.24, 2.45) is 12.8 Å². The van der Waals surface area contributed by atoms with Gasteiger partial charge in [-0.25, -0.2) is 0 Å². The fourth-order valence-electron chi connectivity index (χ4n) is 1.51. The normalized spacial score (nSPS) is 9.82. The second kappa shape index (κ2) is 5.05. The fraction of sp³-hybridized carbons (Fsp3) is 0.154. The Morgan fingerprint density at radius 2 is 2.24 bits per heavy atom. The average Bonchev–Trinajstić information content (AvgIpc) is 2.72. The van der Waals surface area contributed by atoms with Gasteiger partial charge in [-0.2, -0.15) is 5.10 Å². The number of hydrogen-bond donors (Lipinski definition) is 1. The van der Waals surface area contributed by atoms with Gasteiger partial charge in [-0.1, -0.05) is 29.5 Å². The Kier molecular flexibility index (Phi) is 3.48. The van der Waals surface area contributed by atoms with E-state index in [2.05, 4.69) is 16.9 Å². The molecule has 0 bridgehead atoms. The van der Waals surface area contributed by atoms with Crippen LogP contribution in [0.3, 0.4) is 0 Å². The van der Waals surface area contributed by atoms with E-state index in [1.54, 1.807) is 10.9 Å². The van der Waals surface area contributed by atoms with E-state index in [4.69, 9.17) is 17.3 Å². The minimum Gasteiger partial charge on any atom is -0.326 e. The van der Waals surface area contributed by atoms with Crippen LogP contribution in [-0.4, -0.2) is 9.78 Å². The van der Waals surface area contributed by atoms with Crippen molar-refractivity contribution < 1.29 is 0 Å². The number of aromatic nitrogens is 2. The van der Waals surface area contributed by atoms with Crippen LogP contribution in [0.25, 0.3) is 0 Å². The summed E-state index contributed by atoms with van der Waals surface area (Å²) in [7, 11) is 1.86. The summed E-state index contributed by atoms with van der Waals surface area (Å²) in [6.07, 6.45) is 3.58. The fourth-order valence-corrected chi connectivity index (χ4v) is 1.76. The third-order valence-corrected chi connectivity index (χ3v) is 2.72. The summed E-state index contributed by atoms with van der Waals surface area (Å²) in [4.78, 5) is 0. The second-order valence-electron chi connectivity index (χ2n) is 3.62. The summed E-state index contributed by atoms with van der Waals surface area (Å²) < 4.78 is 1.71. The van der Waals surface area contributed by atoms with Crippen molar-refractivity contribution in [1.29, 1.82) is 0 Å². The third-order valence-electron chi connectivity index (χ3n) is 2.37. The SMILES string of the molecule is Cn1cc(C#Cc2cccc(Cl)c2CN)cn1. The van der Waals surface area contributed by atoms with Crippen molar-refractivity contribution in [3.8, 4) is 11.8 Å². The van der Waals surface area contributed by atoms with Crippen LogP contribution in [0.15, 0.2) is 30.6 Å². The van der Waals surface area contributed by atoms with Gasteiger partial charge in [0, 0.05) is 30.4 Å². The lowest BCUT2D eigenvalue weighted by Crippen LogP contribution is -2.00. The van der Waals surface area contributed by atoms with E-state index in [0.717, 1.165) is 16.7 Å². The lowest BCUT2D eigenvalue weighted by atomic mass is 10.1. The van der Waals surface area contributed by atoms with E-state index >= 15 is 0 Å². The molecule has 0 aliphatic carbocycles. The molecule has 86 valence electrons. The maximum Gasteiger partial charge on any atom is 0.0646 e. The molecule has 0 saturated heterocycles. The Morgan fingerprint density at radius 3 is 2.88 bits per heavy atom. The van der Waals surface area contributed by atoms with Gasteiger partial charge in [0.1, 0.15) is 0 Å². The molecule has 3 nitrogen and oxygen atoms in total. The van der Waals surface area contributed by atoms with E-state index in [1.807, 2.05) is 31.4 Å². The summed E-state index contributed by atoms with van der Waals surface area (Å²) in [6, 6.07) is 5.60. The van der Waals surface area contributed by atoms with Crippen LogP contribution < -0.4 is 5.73 Å². The van der Waals surface area contributed by atoms with Gasteiger partial charge in [0.15, 0.2) is 0 Å². The molecule has 1 heterocycles. The monoisotopic (exact) mass is 245 g/mol. The molecule has 17 heavy (non-hydrogen) atoms. The summed E-state index contributed by atoms with van der Waals surface area (Å²) in [6.45, 7) is 0.386. The molecule has 0 amide bonds. The molecule has 0 radical (unpaired) electrons. The van der Waals surface area contributed by atoms with Gasteiger partial charge < -0.3 is 5.73 Å². The van der Waals surface area contributed by atoms with Crippen LogP contribution in [0.1, 0.15) is 16.7 Å². The maximum absolute atomic E-state index is 6.05. The molecule has 2 rings (SSSR count). The maximum atomic E-state index is 6.05. The molecule has 0 aliphatic rings. The number of nitrogens with two attached hydrogens (primary N) is 1. The van der Waals surface area contributed by atoms with Gasteiger partial charge >= 0.3 is 0 Å². The molecule has 1 aromatic carbocycles. The highest BCUT2D eigenvalue weighted by atomic mass is 35.5. The van der Waals surface area contributed by atoms with Crippen molar-refractivity contribution in [2.75, 3.05) is 0 Å². The molecule has 4 heteroatoms. The van der Waals surface area contributed by atoms with Gasteiger partial charge in [-0.05, 0) is 17.7 Å². The second-order valence-corrected chi connectivity index (χ2v) is 4.03. The topological polar surface area (TPSA) is 43.8 Å². The first-order valence-corrected chi connectivity index (χ1v) is 5.56. The summed E-state index contributed by atoms with van der Waals surface area (Å²) in [5.74, 6) is 6.10. The first-order chi connectivity index (χ1) is 8.20. The van der Waals surface area contributed by atoms with Gasteiger partial charge in [-0.3, -0.25) is 4.68 Å². The van der Waals surface area contributed by atoms with E-state index in [0.29, 0.717) is 11.6 Å². The largest absolute Gasteiger partial charge is 0.326 e. The number of aryl methyl sites for hydroxylation is 1. The molecule has 2 aromatic rings. The molecule has 0 fully saturated rings. The Hall–Kier alpha value is -1.76. The molecule has 0 spiro atoms. The van der Waals surface area contributed by atoms with Crippen LogP contribution >= 0.6 is 11.6 Å². The van der Waals surface area contributed by atoms with Crippen LogP contribution in [-0.2, 0) is 13.6 Å². The number of rotatable bonds is 1. The van der Waals surface area contributed by atoms with E-state index in [-0.39, 0.29) is 0 Å². The highest BCUT2D eigenvalue weighted by molar-refractivity contribution is 6.31. The van der Waals surface area contributed by atoms with Crippen molar-refractivity contribution >= 4 is 11.6 Å². The first kappa shape index (κ1) is 11.7. The van der Waals surface area contributed by atoms with Crippen molar-refractivity contribution in [1.82, 2.24) is 9.78 Å². The number of benzene rings is 1. The average molecular weight is 246 g/mol. The van der Waals surface area contributed by atoms with E-state index in [1.165, 1.54) is 0 Å². The Balaban J connectivity index is 2.36. The summed E-state index contributed by atoms with van der Waals surface area (Å²) >= 11 is 6.05. The van der Waals surface area contributed by atoms with E-state index in [9.17, 15) is 0 Å². The van der Waals surface area contributed by atoms with Gasteiger partial charge in [0.2, 0.25) is 0 Å². The molecule has 1 aromatic heterocycles. The molecule has 0 unspecified atom stereocenters. The molecule has 2 N–H and O–H groups in total. The van der Waals surface area contributed by atoms with Gasteiger partial charge in [-0.15, -0.1) is 0 Å². The Morgan fingerprint density at radius 1 is 1.41 bits per heavy atom. The minimum absolute atomic E-state index is 0.386. The standard InChI is InChI=1S/C13H12ClN3/c1-17-9-10(8-16-17)5-6-11-3-2-4-13(14)12(11)7-15/h2-4,8-9H,7,15H2,1H3. The third kappa shape index (κ3) is 2.68. The lowest BCUT2D eigenvalue weighted by molar-refractivity contribution is 0.767. The Labute approximate surface area is 105 Å². The van der Waals surface area contributed by atoms with Crippen LogP contribution in [0.4, 0.5) is 0 Å². The first-order valence-electron chi connectivity index (χ1n) is 5.19. The smallest absolute Gasteiger partial charge is 0.0646 e. The van der Waals surface area contributed by atoms with Crippen LogP contribution in [0, 0.1) is 11.8 Å². The van der Waals surface area contributed by atoms with Crippen molar-refractivity contribution in [2.45, 2.75) is 6.54 Å². The molecule has 0 saturated carbocycles. The zero-order valence-corrected chi connectivity index (χ0v) is 10.2. The predicted molar refractivity (Wildman–Crippen MR) is 68.5 cm³/mol. The Bertz CT molecular complexity index is 590. The van der Waals surface area contributed by atoms with Crippen molar-refractivity contribution in [3.63, 3.8) is 0 Å². The highest BCUT2D eigenvalue weighted by Crippen LogP contribution is 2.18. The quantitative estimate of drug-likeness (QED) is 0.781. The van der Waals surface area contributed by atoms with E-state index < -0.39 is 0 Å². The highest BCUT2D eigenvalue weighted by Gasteiger charge is 2.02. The summed E-state index contributed by atoms with van der Waals surface area (Å²) in [5, 5.41) is 4.71. The molecule has 0 atom stereocenters. The molecule has 0 aliphatic heterocycles. The zero-order chi connectivity index (χ0) is 12.3. The molecular formula is C13H12ClN3. The number of hydrogen-bond acceptors (Lipinski definition) is 2. The van der Waals surface area contributed by atoms with Gasteiger partial charge in [0.05, 0.1) is 11.8 Å². The van der Waals surface area contributed by atoms with Crippen LogP contribution in [0.5, 0.6) is 0 Å². The molecular weight excluding hydrogens is 234 g/mol. The lowest BCUT2D eigenvalue weighted by Gasteiger charge is -2.02. The number of halogens is 1. The zero-order valence-electron chi connectivity index (χ0n) is 9.44. The van der Waals surface area contributed by atoms with Crippen LogP contribution in [0.2, 0.25) is 5.02 Å². The predicted octanol–water partition coefficient (Wildman–Crippen LogP) is 1.93.